The third-order valence-electron chi connectivity index (χ3n) is 2.88. The van der Waals surface area contributed by atoms with E-state index in [2.05, 4.69) is 9.97 Å². The van der Waals surface area contributed by atoms with Gasteiger partial charge in [0.15, 0.2) is 0 Å². The normalized spacial score (nSPS) is 10.2. The Balaban J connectivity index is 2.36. The number of aromatic nitrogens is 2. The lowest BCUT2D eigenvalue weighted by Gasteiger charge is -2.18. The number of aryl methyl sites for hydroxylation is 1. The van der Waals surface area contributed by atoms with E-state index < -0.39 is 0 Å². The number of hydrogen-bond acceptors (Lipinski definition) is 5. The number of nitrogens with two attached hydrogens (primary N) is 1. The molecule has 0 atom stereocenters. The van der Waals surface area contributed by atoms with Gasteiger partial charge in [-0.2, -0.15) is 0 Å². The van der Waals surface area contributed by atoms with E-state index in [0.717, 1.165) is 17.1 Å². The number of amidine groups is 1. The SMILES string of the molecule is COc1ccc(N(C)c2nc(C)cc(C(=N)N)n2)cc1. The molecule has 0 saturated heterocycles. The van der Waals surface area contributed by atoms with Crippen LogP contribution in [0.25, 0.3) is 0 Å². The zero-order valence-corrected chi connectivity index (χ0v) is 11.7. The molecule has 0 bridgehead atoms. The fourth-order valence-corrected chi connectivity index (χ4v) is 1.76. The summed E-state index contributed by atoms with van der Waals surface area (Å²) in [4.78, 5) is 10.5. The molecule has 0 fully saturated rings. The van der Waals surface area contributed by atoms with E-state index in [1.165, 1.54) is 0 Å². The van der Waals surface area contributed by atoms with Crippen molar-refractivity contribution in [1.82, 2.24) is 9.97 Å². The summed E-state index contributed by atoms with van der Waals surface area (Å²) < 4.78 is 5.13. The van der Waals surface area contributed by atoms with Gasteiger partial charge in [0.1, 0.15) is 17.3 Å². The van der Waals surface area contributed by atoms with Gasteiger partial charge < -0.3 is 15.4 Å². The minimum absolute atomic E-state index is 0.0696. The molecule has 2 aromatic rings. The van der Waals surface area contributed by atoms with E-state index in [0.29, 0.717) is 11.6 Å². The van der Waals surface area contributed by atoms with Crippen LogP contribution in [0.1, 0.15) is 11.4 Å². The molecule has 0 aliphatic heterocycles. The molecule has 20 heavy (non-hydrogen) atoms. The summed E-state index contributed by atoms with van der Waals surface area (Å²) in [5, 5.41) is 7.48. The van der Waals surface area contributed by atoms with Crippen molar-refractivity contribution in [1.29, 1.82) is 5.41 Å². The molecule has 0 aliphatic rings. The minimum atomic E-state index is -0.0696. The number of ether oxygens (including phenoxy) is 1. The lowest BCUT2D eigenvalue weighted by molar-refractivity contribution is 0.415. The first-order valence-corrected chi connectivity index (χ1v) is 6.09. The lowest BCUT2D eigenvalue weighted by Crippen LogP contribution is -2.19. The van der Waals surface area contributed by atoms with Crippen LogP contribution >= 0.6 is 0 Å². The highest BCUT2D eigenvalue weighted by atomic mass is 16.5. The predicted molar refractivity (Wildman–Crippen MR) is 78.8 cm³/mol. The molecular formula is C14H17N5O. The maximum Gasteiger partial charge on any atom is 0.230 e. The second-order valence-electron chi connectivity index (χ2n) is 4.37. The Morgan fingerprint density at radius 3 is 2.45 bits per heavy atom. The summed E-state index contributed by atoms with van der Waals surface area (Å²) in [7, 11) is 3.49. The number of rotatable bonds is 4. The first-order valence-electron chi connectivity index (χ1n) is 6.09. The molecule has 6 nitrogen and oxygen atoms in total. The number of hydrogen-bond donors (Lipinski definition) is 2. The quantitative estimate of drug-likeness (QED) is 0.654. The summed E-state index contributed by atoms with van der Waals surface area (Å²) in [5.74, 6) is 1.22. The Morgan fingerprint density at radius 1 is 1.25 bits per heavy atom. The summed E-state index contributed by atoms with van der Waals surface area (Å²) in [5.41, 5.74) is 7.60. The molecule has 104 valence electrons. The lowest BCUT2D eigenvalue weighted by atomic mass is 10.3. The summed E-state index contributed by atoms with van der Waals surface area (Å²) in [6.07, 6.45) is 0. The molecule has 3 N–H and O–H groups in total. The third kappa shape index (κ3) is 2.85. The Kier molecular flexibility index (Phi) is 3.84. The van der Waals surface area contributed by atoms with Crippen LogP contribution in [0.3, 0.4) is 0 Å². The highest BCUT2D eigenvalue weighted by molar-refractivity contribution is 5.93. The highest BCUT2D eigenvalue weighted by Gasteiger charge is 2.10. The van der Waals surface area contributed by atoms with Crippen molar-refractivity contribution in [2.24, 2.45) is 5.73 Å². The zero-order chi connectivity index (χ0) is 14.7. The second kappa shape index (κ2) is 5.56. The number of nitrogens with zero attached hydrogens (tertiary/aromatic N) is 3. The average Bonchev–Trinajstić information content (AvgIpc) is 2.46. The number of nitrogens with one attached hydrogen (secondary N) is 1. The van der Waals surface area contributed by atoms with Gasteiger partial charge in [-0.15, -0.1) is 0 Å². The van der Waals surface area contributed by atoms with Crippen molar-refractivity contribution < 1.29 is 4.74 Å². The Labute approximate surface area is 117 Å². The maximum absolute atomic E-state index is 7.48. The summed E-state index contributed by atoms with van der Waals surface area (Å²) >= 11 is 0. The average molecular weight is 271 g/mol. The van der Waals surface area contributed by atoms with E-state index >= 15 is 0 Å². The van der Waals surface area contributed by atoms with Crippen molar-refractivity contribution in [3.63, 3.8) is 0 Å². The fourth-order valence-electron chi connectivity index (χ4n) is 1.76. The number of nitrogen functional groups attached to an aromatic ring is 1. The molecular weight excluding hydrogens is 254 g/mol. The topological polar surface area (TPSA) is 88.1 Å². The number of methoxy groups -OCH3 is 1. The van der Waals surface area contributed by atoms with Gasteiger partial charge in [0.2, 0.25) is 5.95 Å². The van der Waals surface area contributed by atoms with Crippen LogP contribution in [-0.4, -0.2) is 30.0 Å². The van der Waals surface area contributed by atoms with Gasteiger partial charge in [-0.05, 0) is 37.3 Å². The minimum Gasteiger partial charge on any atom is -0.497 e. The molecule has 0 aliphatic carbocycles. The maximum atomic E-state index is 7.48. The number of anilines is 2. The van der Waals surface area contributed by atoms with E-state index in [9.17, 15) is 0 Å². The summed E-state index contributed by atoms with van der Waals surface area (Å²) in [6.45, 7) is 1.85. The first-order chi connectivity index (χ1) is 9.51. The van der Waals surface area contributed by atoms with Gasteiger partial charge in [-0.1, -0.05) is 0 Å². The molecule has 0 saturated carbocycles. The van der Waals surface area contributed by atoms with Crippen LogP contribution in [0.4, 0.5) is 11.6 Å². The van der Waals surface area contributed by atoms with E-state index in [1.54, 1.807) is 13.2 Å². The van der Waals surface area contributed by atoms with Crippen LogP contribution in [0.5, 0.6) is 5.75 Å². The highest BCUT2D eigenvalue weighted by Crippen LogP contribution is 2.23. The van der Waals surface area contributed by atoms with Gasteiger partial charge in [0.25, 0.3) is 0 Å². The Morgan fingerprint density at radius 2 is 1.90 bits per heavy atom. The van der Waals surface area contributed by atoms with Gasteiger partial charge >= 0.3 is 0 Å². The smallest absolute Gasteiger partial charge is 0.230 e. The largest absolute Gasteiger partial charge is 0.497 e. The standard InChI is InChI=1S/C14H17N5O/c1-9-8-12(13(15)16)18-14(17-9)19(2)10-4-6-11(20-3)7-5-10/h4-8H,1-3H3,(H3,15,16). The third-order valence-corrected chi connectivity index (χ3v) is 2.88. The van der Waals surface area contributed by atoms with E-state index in [1.807, 2.05) is 43.1 Å². The molecule has 0 unspecified atom stereocenters. The molecule has 1 aromatic carbocycles. The van der Waals surface area contributed by atoms with Crippen LogP contribution in [0.2, 0.25) is 0 Å². The molecule has 6 heteroatoms. The fraction of sp³-hybridized carbons (Fsp3) is 0.214. The van der Waals surface area contributed by atoms with Crippen molar-refractivity contribution in [3.05, 3.63) is 41.7 Å². The van der Waals surface area contributed by atoms with E-state index in [4.69, 9.17) is 15.9 Å². The zero-order valence-electron chi connectivity index (χ0n) is 11.7. The first kappa shape index (κ1) is 13.8. The Bertz CT molecular complexity index is 624. The van der Waals surface area contributed by atoms with Gasteiger partial charge in [0.05, 0.1) is 7.11 Å². The Hall–Kier alpha value is -2.63. The molecule has 2 rings (SSSR count). The van der Waals surface area contributed by atoms with Gasteiger partial charge in [-0.25, -0.2) is 9.97 Å². The van der Waals surface area contributed by atoms with E-state index in [-0.39, 0.29) is 5.84 Å². The second-order valence-corrected chi connectivity index (χ2v) is 4.37. The van der Waals surface area contributed by atoms with Gasteiger partial charge in [0, 0.05) is 18.4 Å². The van der Waals surface area contributed by atoms with Crippen molar-refractivity contribution >= 4 is 17.5 Å². The summed E-state index contributed by atoms with van der Waals surface area (Å²) in [6, 6.07) is 9.25. The predicted octanol–water partition coefficient (Wildman–Crippen LogP) is 1.85. The van der Waals surface area contributed by atoms with Crippen LogP contribution in [-0.2, 0) is 0 Å². The van der Waals surface area contributed by atoms with Crippen molar-refractivity contribution in [3.8, 4) is 5.75 Å². The molecule has 0 spiro atoms. The van der Waals surface area contributed by atoms with Gasteiger partial charge in [-0.3, -0.25) is 5.41 Å². The molecule has 0 amide bonds. The van der Waals surface area contributed by atoms with Crippen LogP contribution in [0.15, 0.2) is 30.3 Å². The molecule has 1 aromatic heterocycles. The van der Waals surface area contributed by atoms with Crippen LogP contribution < -0.4 is 15.4 Å². The molecule has 0 radical (unpaired) electrons. The van der Waals surface area contributed by atoms with Crippen molar-refractivity contribution in [2.45, 2.75) is 6.92 Å². The van der Waals surface area contributed by atoms with Crippen molar-refractivity contribution in [2.75, 3.05) is 19.1 Å². The number of benzene rings is 1. The molecule has 1 heterocycles. The monoisotopic (exact) mass is 271 g/mol. The van der Waals surface area contributed by atoms with Crippen LogP contribution in [0, 0.1) is 12.3 Å².